The number of carbonyl (C=O) groups is 2. The molecule has 40 heavy (non-hydrogen) atoms. The number of hydrogen-bond acceptors (Lipinski definition) is 6. The number of ether oxygens (including phenoxy) is 2. The highest BCUT2D eigenvalue weighted by atomic mass is 35.5. The zero-order valence-electron chi connectivity index (χ0n) is 22.0. The fourth-order valence-electron chi connectivity index (χ4n) is 4.36. The molecule has 0 radical (unpaired) electrons. The van der Waals surface area contributed by atoms with Gasteiger partial charge in [-0.25, -0.2) is 8.42 Å². The second-order valence-electron chi connectivity index (χ2n) is 8.96. The number of halogens is 2. The normalized spacial score (nSPS) is 13.3. The maximum Gasteiger partial charge on any atom is 0.264 e. The summed E-state index contributed by atoms with van der Waals surface area (Å²) < 4.78 is 40.1. The van der Waals surface area contributed by atoms with Crippen LogP contribution in [-0.2, 0) is 26.2 Å². The summed E-state index contributed by atoms with van der Waals surface area (Å²) in [5, 5.41) is 3.23. The van der Waals surface area contributed by atoms with E-state index in [2.05, 4.69) is 5.32 Å². The van der Waals surface area contributed by atoms with Crippen molar-refractivity contribution >= 4 is 50.7 Å². The summed E-state index contributed by atoms with van der Waals surface area (Å²) in [7, 11) is -2.72. The second kappa shape index (κ2) is 12.8. The van der Waals surface area contributed by atoms with Crippen molar-refractivity contribution in [1.29, 1.82) is 0 Å². The van der Waals surface area contributed by atoms with Gasteiger partial charge in [0, 0.05) is 19.7 Å². The molecule has 0 unspecified atom stereocenters. The van der Waals surface area contributed by atoms with Crippen molar-refractivity contribution in [2.75, 3.05) is 31.1 Å². The lowest BCUT2D eigenvalue weighted by molar-refractivity contribution is -0.140. The number of benzene rings is 3. The zero-order chi connectivity index (χ0) is 28.9. The molecular formula is C28H29Cl2N3O6S. The highest BCUT2D eigenvalue weighted by Crippen LogP contribution is 2.36. The molecule has 0 saturated heterocycles. The molecule has 0 fully saturated rings. The third kappa shape index (κ3) is 6.46. The first kappa shape index (κ1) is 29.5. The molecule has 1 aliphatic heterocycles. The molecule has 1 heterocycles. The van der Waals surface area contributed by atoms with E-state index in [0.717, 1.165) is 4.31 Å². The molecule has 0 spiro atoms. The quantitative estimate of drug-likeness (QED) is 0.364. The average molecular weight is 607 g/mol. The second-order valence-corrected chi connectivity index (χ2v) is 11.6. The van der Waals surface area contributed by atoms with Gasteiger partial charge in [0.1, 0.15) is 25.8 Å². The van der Waals surface area contributed by atoms with E-state index < -0.39 is 28.5 Å². The highest BCUT2D eigenvalue weighted by Gasteiger charge is 2.34. The number of nitrogens with one attached hydrogen (secondary N) is 1. The smallest absolute Gasteiger partial charge is 0.264 e. The van der Waals surface area contributed by atoms with Gasteiger partial charge in [-0.15, -0.1) is 0 Å². The lowest BCUT2D eigenvalue weighted by Gasteiger charge is -2.33. The Kier molecular flexibility index (Phi) is 9.44. The third-order valence-electron chi connectivity index (χ3n) is 6.39. The van der Waals surface area contributed by atoms with Gasteiger partial charge in [-0.2, -0.15) is 0 Å². The van der Waals surface area contributed by atoms with Crippen LogP contribution < -0.4 is 19.1 Å². The summed E-state index contributed by atoms with van der Waals surface area (Å²) in [4.78, 5) is 28.2. The van der Waals surface area contributed by atoms with Crippen molar-refractivity contribution < 1.29 is 27.5 Å². The Morgan fingerprint density at radius 2 is 1.65 bits per heavy atom. The predicted octanol–water partition coefficient (Wildman–Crippen LogP) is 4.51. The lowest BCUT2D eigenvalue weighted by Crippen LogP contribution is -2.51. The number of anilines is 1. The van der Waals surface area contributed by atoms with Crippen molar-refractivity contribution in [3.63, 3.8) is 0 Å². The topological polar surface area (TPSA) is 105 Å². The number of carbonyl (C=O) groups excluding carboxylic acids is 2. The Balaban J connectivity index is 1.76. The van der Waals surface area contributed by atoms with Crippen molar-refractivity contribution in [3.05, 3.63) is 82.3 Å². The van der Waals surface area contributed by atoms with Crippen LogP contribution in [0.1, 0.15) is 18.9 Å². The SMILES string of the molecule is CC[C@@H](C(=O)NC)N(Cc1ccc(Cl)c(Cl)c1)C(=O)CN(c1ccc2c(c1)OCCO2)S(=O)(=O)c1ccccc1. The lowest BCUT2D eigenvalue weighted by atomic mass is 10.1. The summed E-state index contributed by atoms with van der Waals surface area (Å²) in [5.41, 5.74) is 0.839. The molecular weight excluding hydrogens is 577 g/mol. The van der Waals surface area contributed by atoms with Crippen molar-refractivity contribution in [2.45, 2.75) is 30.8 Å². The van der Waals surface area contributed by atoms with Crippen LogP contribution >= 0.6 is 23.2 Å². The first-order valence-electron chi connectivity index (χ1n) is 12.6. The van der Waals surface area contributed by atoms with Gasteiger partial charge in [-0.05, 0) is 48.4 Å². The fraction of sp³-hybridized carbons (Fsp3) is 0.286. The van der Waals surface area contributed by atoms with Gasteiger partial charge in [0.25, 0.3) is 10.0 Å². The molecule has 1 N–H and O–H groups in total. The van der Waals surface area contributed by atoms with Crippen LogP contribution in [-0.4, -0.2) is 58.0 Å². The molecule has 0 aliphatic carbocycles. The number of likely N-dealkylation sites (N-methyl/N-ethyl adjacent to an activating group) is 1. The van der Waals surface area contributed by atoms with Crippen LogP contribution in [0.3, 0.4) is 0 Å². The van der Waals surface area contributed by atoms with Gasteiger partial charge in [0.05, 0.1) is 20.6 Å². The van der Waals surface area contributed by atoms with E-state index in [1.165, 1.54) is 30.1 Å². The summed E-state index contributed by atoms with van der Waals surface area (Å²) in [6, 6.07) is 16.6. The van der Waals surface area contributed by atoms with Gasteiger partial charge in [-0.1, -0.05) is 54.4 Å². The minimum absolute atomic E-state index is 0.00200. The minimum Gasteiger partial charge on any atom is -0.486 e. The van der Waals surface area contributed by atoms with E-state index in [4.69, 9.17) is 32.7 Å². The number of sulfonamides is 1. The van der Waals surface area contributed by atoms with Crippen molar-refractivity contribution in [3.8, 4) is 11.5 Å². The van der Waals surface area contributed by atoms with E-state index in [1.54, 1.807) is 55.5 Å². The predicted molar refractivity (Wildman–Crippen MR) is 154 cm³/mol. The Labute approximate surface area is 243 Å². The molecule has 3 aromatic rings. The van der Waals surface area contributed by atoms with Crippen LogP contribution in [0, 0.1) is 0 Å². The van der Waals surface area contributed by atoms with Gasteiger partial charge in [0.15, 0.2) is 11.5 Å². The zero-order valence-corrected chi connectivity index (χ0v) is 24.3. The Bertz CT molecular complexity index is 1490. The van der Waals surface area contributed by atoms with Gasteiger partial charge < -0.3 is 19.7 Å². The standard InChI is InChI=1S/C28H29Cl2N3O6S/c1-3-24(28(35)31-2)32(17-19-9-11-22(29)23(30)15-19)27(34)18-33(40(36,37)21-7-5-4-6-8-21)20-10-12-25-26(16-20)39-14-13-38-25/h4-12,15-16,24H,3,13-14,17-18H2,1-2H3,(H,31,35)/t24-/m0/s1. The van der Waals surface area contributed by atoms with Gasteiger partial charge in [0.2, 0.25) is 11.8 Å². The van der Waals surface area contributed by atoms with Crippen molar-refractivity contribution in [1.82, 2.24) is 10.2 Å². The van der Waals surface area contributed by atoms with E-state index in [9.17, 15) is 18.0 Å². The summed E-state index contributed by atoms with van der Waals surface area (Å²) in [6.45, 7) is 1.88. The number of fused-ring (bicyclic) bond motifs is 1. The van der Waals surface area contributed by atoms with Crippen LogP contribution in [0.4, 0.5) is 5.69 Å². The Hall–Kier alpha value is -3.47. The van der Waals surface area contributed by atoms with E-state index in [1.807, 2.05) is 0 Å². The van der Waals surface area contributed by atoms with Crippen LogP contribution in [0.5, 0.6) is 11.5 Å². The largest absolute Gasteiger partial charge is 0.486 e. The van der Waals surface area contributed by atoms with Crippen molar-refractivity contribution in [2.24, 2.45) is 0 Å². The first-order valence-corrected chi connectivity index (χ1v) is 14.8. The molecule has 1 aliphatic rings. The summed E-state index contributed by atoms with van der Waals surface area (Å²) in [6.07, 6.45) is 0.294. The minimum atomic E-state index is -4.20. The Morgan fingerprint density at radius 1 is 0.950 bits per heavy atom. The van der Waals surface area contributed by atoms with Gasteiger partial charge in [-0.3, -0.25) is 13.9 Å². The molecule has 0 aromatic heterocycles. The molecule has 3 aromatic carbocycles. The van der Waals surface area contributed by atoms with Crippen LogP contribution in [0.2, 0.25) is 10.0 Å². The Morgan fingerprint density at radius 3 is 2.30 bits per heavy atom. The average Bonchev–Trinajstić information content (AvgIpc) is 2.97. The van der Waals surface area contributed by atoms with E-state index >= 15 is 0 Å². The molecule has 0 saturated carbocycles. The first-order chi connectivity index (χ1) is 19.1. The third-order valence-corrected chi connectivity index (χ3v) is 8.92. The number of hydrogen-bond donors (Lipinski definition) is 1. The van der Waals surface area contributed by atoms with Gasteiger partial charge >= 0.3 is 0 Å². The molecule has 1 atom stereocenters. The van der Waals surface area contributed by atoms with Crippen LogP contribution in [0.25, 0.3) is 0 Å². The summed E-state index contributed by atoms with van der Waals surface area (Å²) >= 11 is 12.3. The number of amides is 2. The molecule has 12 heteroatoms. The molecule has 2 amide bonds. The van der Waals surface area contributed by atoms with E-state index in [-0.39, 0.29) is 23.0 Å². The summed E-state index contributed by atoms with van der Waals surface area (Å²) in [5.74, 6) is -0.122. The molecule has 0 bridgehead atoms. The fourth-order valence-corrected chi connectivity index (χ4v) is 6.10. The van der Waals surface area contributed by atoms with Crippen LogP contribution in [0.15, 0.2) is 71.6 Å². The van der Waals surface area contributed by atoms with E-state index in [0.29, 0.717) is 46.7 Å². The monoisotopic (exact) mass is 605 g/mol. The number of rotatable bonds is 10. The molecule has 9 nitrogen and oxygen atoms in total. The maximum absolute atomic E-state index is 14.0. The number of nitrogens with zero attached hydrogens (tertiary/aromatic N) is 2. The highest BCUT2D eigenvalue weighted by molar-refractivity contribution is 7.92. The molecule has 4 rings (SSSR count). The molecule has 212 valence electrons. The maximum atomic E-state index is 14.0.